The minimum absolute atomic E-state index is 0.0272. The first-order valence-corrected chi connectivity index (χ1v) is 10.8. The van der Waals surface area contributed by atoms with Gasteiger partial charge >= 0.3 is 5.97 Å². The maximum Gasteiger partial charge on any atom is 0.316 e. The van der Waals surface area contributed by atoms with Gasteiger partial charge in [-0.2, -0.15) is 4.68 Å². The molecule has 0 aliphatic heterocycles. The molecule has 0 radical (unpaired) electrons. The van der Waals surface area contributed by atoms with Crippen LogP contribution in [0.25, 0.3) is 5.69 Å². The zero-order valence-corrected chi connectivity index (χ0v) is 17.9. The van der Waals surface area contributed by atoms with Crippen LogP contribution in [0.3, 0.4) is 0 Å². The number of nitrogens with one attached hydrogen (secondary N) is 1. The molecule has 1 aliphatic rings. The van der Waals surface area contributed by atoms with E-state index in [4.69, 9.17) is 4.74 Å². The minimum Gasteiger partial charge on any atom is -0.455 e. The first-order valence-electron chi connectivity index (χ1n) is 9.86. The maximum atomic E-state index is 12.0. The van der Waals surface area contributed by atoms with E-state index in [9.17, 15) is 9.59 Å². The summed E-state index contributed by atoms with van der Waals surface area (Å²) in [6.45, 7) is 5.95. The smallest absolute Gasteiger partial charge is 0.316 e. The van der Waals surface area contributed by atoms with E-state index in [-0.39, 0.29) is 24.3 Å². The number of nitrogens with zero attached hydrogens (tertiary/aromatic N) is 4. The second kappa shape index (κ2) is 9.87. The van der Waals surface area contributed by atoms with E-state index in [1.54, 1.807) is 4.68 Å². The summed E-state index contributed by atoms with van der Waals surface area (Å²) >= 11 is 1.18. The average Bonchev–Trinajstić information content (AvgIpc) is 3.17. The molecule has 1 heterocycles. The number of hydrogen-bond acceptors (Lipinski definition) is 7. The molecule has 29 heavy (non-hydrogen) atoms. The van der Waals surface area contributed by atoms with Gasteiger partial charge in [0.2, 0.25) is 5.16 Å². The molecule has 0 spiro atoms. The Hall–Kier alpha value is -2.42. The van der Waals surface area contributed by atoms with Crippen molar-refractivity contribution in [3.8, 4) is 5.69 Å². The first-order chi connectivity index (χ1) is 13.9. The van der Waals surface area contributed by atoms with Crippen LogP contribution < -0.4 is 5.32 Å². The minimum atomic E-state index is -0.474. The number of thioether (sulfide) groups is 1. The van der Waals surface area contributed by atoms with Crippen molar-refractivity contribution < 1.29 is 14.3 Å². The van der Waals surface area contributed by atoms with Crippen molar-refractivity contribution in [2.75, 3.05) is 12.4 Å². The van der Waals surface area contributed by atoms with Gasteiger partial charge in [0.25, 0.3) is 5.91 Å². The molecule has 1 N–H and O–H groups in total. The average molecular weight is 418 g/mol. The highest BCUT2D eigenvalue weighted by Crippen LogP contribution is 2.23. The number of ether oxygens (including phenoxy) is 1. The predicted octanol–water partition coefficient (Wildman–Crippen LogP) is 2.61. The predicted molar refractivity (Wildman–Crippen MR) is 110 cm³/mol. The molecule has 0 unspecified atom stereocenters. The van der Waals surface area contributed by atoms with Gasteiger partial charge in [0.05, 0.1) is 11.4 Å². The lowest BCUT2D eigenvalue weighted by molar-refractivity contribution is -0.146. The summed E-state index contributed by atoms with van der Waals surface area (Å²) in [6, 6.07) is 6.20. The molecule has 9 heteroatoms. The number of tetrazole rings is 1. The van der Waals surface area contributed by atoms with Crippen LogP contribution in [0.1, 0.15) is 43.7 Å². The van der Waals surface area contributed by atoms with Gasteiger partial charge in [0.15, 0.2) is 6.61 Å². The fraction of sp³-hybridized carbons (Fsp3) is 0.550. The molecule has 1 saturated carbocycles. The van der Waals surface area contributed by atoms with Gasteiger partial charge in [-0.15, -0.1) is 5.10 Å². The van der Waals surface area contributed by atoms with Crippen molar-refractivity contribution in [2.24, 2.45) is 5.92 Å². The van der Waals surface area contributed by atoms with Gasteiger partial charge in [-0.1, -0.05) is 30.8 Å². The molecule has 0 saturated heterocycles. The van der Waals surface area contributed by atoms with E-state index in [1.165, 1.54) is 11.8 Å². The molecule has 8 nitrogen and oxygen atoms in total. The normalized spacial score (nSPS) is 19.0. The van der Waals surface area contributed by atoms with Crippen molar-refractivity contribution in [1.82, 2.24) is 25.5 Å². The summed E-state index contributed by atoms with van der Waals surface area (Å²) in [5.74, 6) is 0.0265. The first kappa shape index (κ1) is 21.3. The molecule has 2 aromatic rings. The highest BCUT2D eigenvalue weighted by molar-refractivity contribution is 7.99. The van der Waals surface area contributed by atoms with E-state index < -0.39 is 5.97 Å². The third kappa shape index (κ3) is 6.03. The van der Waals surface area contributed by atoms with Crippen LogP contribution in [0, 0.1) is 19.8 Å². The molecule has 1 amide bonds. The monoisotopic (exact) mass is 417 g/mol. The van der Waals surface area contributed by atoms with Crippen molar-refractivity contribution in [3.63, 3.8) is 0 Å². The summed E-state index contributed by atoms with van der Waals surface area (Å²) in [5.41, 5.74) is 2.99. The molecule has 1 aliphatic carbocycles. The lowest BCUT2D eigenvalue weighted by Crippen LogP contribution is -2.39. The lowest BCUT2D eigenvalue weighted by Gasteiger charge is -2.26. The Morgan fingerprint density at radius 3 is 2.76 bits per heavy atom. The number of benzene rings is 1. The quantitative estimate of drug-likeness (QED) is 0.546. The number of rotatable bonds is 7. The van der Waals surface area contributed by atoms with Gasteiger partial charge in [-0.25, -0.2) is 0 Å². The zero-order valence-electron chi connectivity index (χ0n) is 17.1. The number of aryl methyl sites for hydroxylation is 2. The van der Waals surface area contributed by atoms with E-state index in [1.807, 2.05) is 32.0 Å². The molecular weight excluding hydrogens is 390 g/mol. The van der Waals surface area contributed by atoms with Crippen LogP contribution in [0.2, 0.25) is 0 Å². The van der Waals surface area contributed by atoms with Gasteiger partial charge in [-0.3, -0.25) is 9.59 Å². The summed E-state index contributed by atoms with van der Waals surface area (Å²) in [5, 5.41) is 15.2. The molecule has 1 aromatic carbocycles. The summed E-state index contributed by atoms with van der Waals surface area (Å²) in [7, 11) is 0. The number of esters is 1. The fourth-order valence-corrected chi connectivity index (χ4v) is 4.03. The second-order valence-corrected chi connectivity index (χ2v) is 8.58. The third-order valence-corrected chi connectivity index (χ3v) is 5.99. The van der Waals surface area contributed by atoms with Crippen molar-refractivity contribution in [1.29, 1.82) is 0 Å². The Labute approximate surface area is 174 Å². The highest BCUT2D eigenvalue weighted by Gasteiger charge is 2.20. The molecule has 156 valence electrons. The molecule has 0 atom stereocenters. The van der Waals surface area contributed by atoms with E-state index >= 15 is 0 Å². The Bertz CT molecular complexity index is 862. The van der Waals surface area contributed by atoms with E-state index in [0.29, 0.717) is 5.16 Å². The summed E-state index contributed by atoms with van der Waals surface area (Å²) in [6.07, 6.45) is 4.21. The Morgan fingerprint density at radius 2 is 2.00 bits per heavy atom. The highest BCUT2D eigenvalue weighted by atomic mass is 32.2. The van der Waals surface area contributed by atoms with Crippen molar-refractivity contribution >= 4 is 23.6 Å². The molecule has 3 rings (SSSR count). The van der Waals surface area contributed by atoms with E-state index in [2.05, 4.69) is 27.8 Å². The third-order valence-electron chi connectivity index (χ3n) is 5.10. The molecule has 1 aromatic heterocycles. The van der Waals surface area contributed by atoms with Crippen LogP contribution >= 0.6 is 11.8 Å². The van der Waals surface area contributed by atoms with E-state index in [0.717, 1.165) is 48.4 Å². The van der Waals surface area contributed by atoms with Gasteiger partial charge < -0.3 is 10.1 Å². The SMILES string of the molecule is Cc1ccc(C)c(-n2nnnc2SCC(=O)OCC(=O)NC2CCC(C)CC2)c1. The van der Waals surface area contributed by atoms with Crippen molar-refractivity contribution in [3.05, 3.63) is 29.3 Å². The van der Waals surface area contributed by atoms with Crippen molar-refractivity contribution in [2.45, 2.75) is 57.7 Å². The van der Waals surface area contributed by atoms with Crippen LogP contribution in [0.15, 0.2) is 23.4 Å². The Kier molecular flexibility index (Phi) is 7.24. The number of carbonyl (C=O) groups is 2. The van der Waals surface area contributed by atoms with Crippen LogP contribution in [-0.4, -0.2) is 50.5 Å². The number of amides is 1. The van der Waals surface area contributed by atoms with Crippen LogP contribution in [-0.2, 0) is 14.3 Å². The van der Waals surface area contributed by atoms with Crippen LogP contribution in [0.4, 0.5) is 0 Å². The standard InChI is InChI=1S/C20H27N5O3S/c1-13-5-8-16(9-6-13)21-18(26)11-28-19(27)12-29-20-22-23-24-25(20)17-10-14(2)4-7-15(17)3/h4,7,10,13,16H,5-6,8-9,11-12H2,1-3H3,(H,21,26). The summed E-state index contributed by atoms with van der Waals surface area (Å²) in [4.78, 5) is 24.1. The van der Waals surface area contributed by atoms with Crippen LogP contribution in [0.5, 0.6) is 0 Å². The maximum absolute atomic E-state index is 12.0. The second-order valence-electron chi connectivity index (χ2n) is 7.64. The molecule has 0 bridgehead atoms. The number of hydrogen-bond donors (Lipinski definition) is 1. The number of carbonyl (C=O) groups excluding carboxylic acids is 2. The Morgan fingerprint density at radius 1 is 1.24 bits per heavy atom. The topological polar surface area (TPSA) is 99.0 Å². The number of aromatic nitrogens is 4. The van der Waals surface area contributed by atoms with Gasteiger partial charge in [-0.05, 0) is 73.1 Å². The molecule has 1 fully saturated rings. The molecular formula is C20H27N5O3S. The lowest BCUT2D eigenvalue weighted by atomic mass is 9.87. The van der Waals surface area contributed by atoms with Gasteiger partial charge in [0.1, 0.15) is 0 Å². The largest absolute Gasteiger partial charge is 0.455 e. The Balaban J connectivity index is 1.46. The fourth-order valence-electron chi connectivity index (χ4n) is 3.35. The summed E-state index contributed by atoms with van der Waals surface area (Å²) < 4.78 is 6.71. The van der Waals surface area contributed by atoms with Gasteiger partial charge in [0, 0.05) is 6.04 Å². The zero-order chi connectivity index (χ0) is 20.8.